The molecule has 9 heteroatoms. The summed E-state index contributed by atoms with van der Waals surface area (Å²) < 4.78 is 0. The van der Waals surface area contributed by atoms with Gasteiger partial charge >= 0.3 is 12.2 Å². The van der Waals surface area contributed by atoms with E-state index < -0.39 is 24.1 Å². The molecule has 0 aliphatic carbocycles. The van der Waals surface area contributed by atoms with Gasteiger partial charge in [0.2, 0.25) is 0 Å². The predicted molar refractivity (Wildman–Crippen MR) is 57.9 cm³/mol. The molecule has 0 saturated carbocycles. The third-order valence-corrected chi connectivity index (χ3v) is 2.77. The van der Waals surface area contributed by atoms with Gasteiger partial charge in [0.05, 0.1) is 13.7 Å². The number of carbonyl (C=O) groups is 3. The minimum Gasteiger partial charge on any atom is -0.465 e. The summed E-state index contributed by atoms with van der Waals surface area (Å²) in [4.78, 5) is 40.3. The summed E-state index contributed by atoms with van der Waals surface area (Å²) >= 11 is 0. The molecule has 1 aliphatic rings. The van der Waals surface area contributed by atoms with Crippen LogP contribution in [-0.2, 0) is 9.63 Å². The van der Waals surface area contributed by atoms with Crippen molar-refractivity contribution in [3.63, 3.8) is 0 Å². The van der Waals surface area contributed by atoms with E-state index in [1.54, 1.807) is 0 Å². The first-order valence-electron chi connectivity index (χ1n) is 5.17. The number of hydrogen-bond acceptors (Lipinski definition) is 4. The highest BCUT2D eigenvalue weighted by molar-refractivity contribution is 5.85. The van der Waals surface area contributed by atoms with Gasteiger partial charge in [-0.3, -0.25) is 14.5 Å². The van der Waals surface area contributed by atoms with Crippen molar-refractivity contribution in [2.75, 3.05) is 33.8 Å². The van der Waals surface area contributed by atoms with Gasteiger partial charge in [-0.1, -0.05) is 0 Å². The minimum atomic E-state index is -1.26. The van der Waals surface area contributed by atoms with Crippen molar-refractivity contribution in [1.29, 1.82) is 0 Å². The second-order valence-electron chi connectivity index (χ2n) is 3.74. The van der Waals surface area contributed by atoms with Crippen LogP contribution in [0.1, 0.15) is 0 Å². The van der Waals surface area contributed by atoms with E-state index >= 15 is 0 Å². The first kappa shape index (κ1) is 14.0. The van der Waals surface area contributed by atoms with Gasteiger partial charge in [0.15, 0.2) is 0 Å². The topological polar surface area (TPSA) is 111 Å². The van der Waals surface area contributed by atoms with E-state index in [0.717, 1.165) is 14.9 Å². The van der Waals surface area contributed by atoms with Gasteiger partial charge in [0.1, 0.15) is 6.04 Å². The molecule has 0 bridgehead atoms. The zero-order chi connectivity index (χ0) is 13.9. The Bertz CT molecular complexity index is 360. The van der Waals surface area contributed by atoms with E-state index in [4.69, 9.17) is 10.2 Å². The van der Waals surface area contributed by atoms with E-state index in [-0.39, 0.29) is 19.6 Å². The summed E-state index contributed by atoms with van der Waals surface area (Å²) in [7, 11) is 2.60. The van der Waals surface area contributed by atoms with Gasteiger partial charge in [-0.15, -0.1) is 0 Å². The lowest BCUT2D eigenvalue weighted by Gasteiger charge is -2.38. The maximum absolute atomic E-state index is 11.9. The number of likely N-dealkylation sites (N-methyl/N-ethyl adjacent to an activating group) is 1. The van der Waals surface area contributed by atoms with Crippen LogP contribution in [-0.4, -0.2) is 83.0 Å². The van der Waals surface area contributed by atoms with Crippen LogP contribution in [0.25, 0.3) is 0 Å². The molecule has 0 aromatic rings. The molecule has 1 rings (SSSR count). The number of amides is 3. The van der Waals surface area contributed by atoms with Gasteiger partial charge in [0, 0.05) is 20.1 Å². The normalized spacial score (nSPS) is 19.6. The fraction of sp³-hybridized carbons (Fsp3) is 0.667. The van der Waals surface area contributed by atoms with Crippen LogP contribution < -0.4 is 0 Å². The Morgan fingerprint density at radius 2 is 1.83 bits per heavy atom. The Balaban J connectivity index is 2.87. The number of piperazine rings is 1. The lowest BCUT2D eigenvalue weighted by atomic mass is 10.1. The van der Waals surface area contributed by atoms with Crippen molar-refractivity contribution in [3.05, 3.63) is 0 Å². The number of carbonyl (C=O) groups excluding carboxylic acids is 1. The minimum absolute atomic E-state index is 0.0438. The summed E-state index contributed by atoms with van der Waals surface area (Å²) in [5.41, 5.74) is 0. The van der Waals surface area contributed by atoms with Crippen molar-refractivity contribution >= 4 is 18.1 Å². The molecule has 1 saturated heterocycles. The SMILES string of the molecule is CON(C)C(=O)C1CN(C(=O)O)CCN1C(=O)O. The lowest BCUT2D eigenvalue weighted by Crippen LogP contribution is -2.61. The molecule has 102 valence electrons. The Morgan fingerprint density at radius 3 is 2.28 bits per heavy atom. The molecule has 18 heavy (non-hydrogen) atoms. The van der Waals surface area contributed by atoms with Crippen molar-refractivity contribution < 1.29 is 29.4 Å². The molecule has 2 N–H and O–H groups in total. The number of hydrogen-bond donors (Lipinski definition) is 2. The van der Waals surface area contributed by atoms with Crippen molar-refractivity contribution in [3.8, 4) is 0 Å². The third-order valence-electron chi connectivity index (χ3n) is 2.77. The predicted octanol–water partition coefficient (Wildman–Crippen LogP) is -0.652. The first-order valence-corrected chi connectivity index (χ1v) is 5.17. The molecule has 0 radical (unpaired) electrons. The van der Waals surface area contributed by atoms with Crippen LogP contribution in [0, 0.1) is 0 Å². The highest BCUT2D eigenvalue weighted by Gasteiger charge is 2.38. The maximum Gasteiger partial charge on any atom is 0.408 e. The molecule has 0 aromatic carbocycles. The number of carboxylic acid groups (broad SMARTS) is 2. The maximum atomic E-state index is 11.9. The van der Waals surface area contributed by atoms with E-state index in [1.807, 2.05) is 0 Å². The smallest absolute Gasteiger partial charge is 0.408 e. The molecular formula is C9H15N3O6. The highest BCUT2D eigenvalue weighted by atomic mass is 16.7. The van der Waals surface area contributed by atoms with Crippen molar-refractivity contribution in [2.45, 2.75) is 6.04 Å². The van der Waals surface area contributed by atoms with Crippen LogP contribution in [0.5, 0.6) is 0 Å². The summed E-state index contributed by atoms with van der Waals surface area (Å²) in [6.07, 6.45) is -2.44. The average Bonchev–Trinajstić information content (AvgIpc) is 2.35. The van der Waals surface area contributed by atoms with Gasteiger partial charge < -0.3 is 15.1 Å². The van der Waals surface area contributed by atoms with Gasteiger partial charge in [-0.25, -0.2) is 14.7 Å². The van der Waals surface area contributed by atoms with Crippen LogP contribution >= 0.6 is 0 Å². The van der Waals surface area contributed by atoms with Crippen LogP contribution in [0.3, 0.4) is 0 Å². The molecule has 1 unspecified atom stereocenters. The summed E-state index contributed by atoms with van der Waals surface area (Å²) in [6.45, 7) is -0.203. The van der Waals surface area contributed by atoms with E-state index in [2.05, 4.69) is 4.84 Å². The van der Waals surface area contributed by atoms with E-state index in [9.17, 15) is 14.4 Å². The van der Waals surface area contributed by atoms with Gasteiger partial charge in [0.25, 0.3) is 5.91 Å². The van der Waals surface area contributed by atoms with Crippen molar-refractivity contribution in [1.82, 2.24) is 14.9 Å². The fourth-order valence-corrected chi connectivity index (χ4v) is 1.70. The van der Waals surface area contributed by atoms with Gasteiger partial charge in [-0.05, 0) is 0 Å². The van der Waals surface area contributed by atoms with Crippen molar-refractivity contribution in [2.24, 2.45) is 0 Å². The van der Waals surface area contributed by atoms with Crippen LogP contribution in [0.15, 0.2) is 0 Å². The summed E-state index contributed by atoms with van der Waals surface area (Å²) in [5, 5.41) is 18.7. The van der Waals surface area contributed by atoms with Gasteiger partial charge in [-0.2, -0.15) is 0 Å². The van der Waals surface area contributed by atoms with Crippen LogP contribution in [0.4, 0.5) is 9.59 Å². The van der Waals surface area contributed by atoms with E-state index in [1.165, 1.54) is 14.2 Å². The Kier molecular flexibility index (Phi) is 4.32. The standard InChI is InChI=1S/C9H15N3O6/c1-10(18-2)7(13)6-5-11(8(14)15)3-4-12(6)9(16)17/h6H,3-5H2,1-2H3,(H,14,15)(H,16,17). The zero-order valence-electron chi connectivity index (χ0n) is 10.1. The molecule has 0 spiro atoms. The molecule has 0 aromatic heterocycles. The summed E-state index contributed by atoms with van der Waals surface area (Å²) in [5.74, 6) is -0.606. The number of rotatable bonds is 2. The molecular weight excluding hydrogens is 246 g/mol. The third kappa shape index (κ3) is 2.80. The monoisotopic (exact) mass is 261 g/mol. The molecule has 3 amide bonds. The largest absolute Gasteiger partial charge is 0.465 e. The highest BCUT2D eigenvalue weighted by Crippen LogP contribution is 2.12. The molecule has 1 atom stereocenters. The molecule has 1 fully saturated rings. The Labute approximate surface area is 103 Å². The fourth-order valence-electron chi connectivity index (χ4n) is 1.70. The number of nitrogens with zero attached hydrogens (tertiary/aromatic N) is 3. The second-order valence-corrected chi connectivity index (χ2v) is 3.74. The summed E-state index contributed by atoms with van der Waals surface area (Å²) in [6, 6.07) is -1.09. The molecule has 1 aliphatic heterocycles. The Hall–Kier alpha value is -2.03. The Morgan fingerprint density at radius 1 is 1.22 bits per heavy atom. The van der Waals surface area contributed by atoms with E-state index in [0.29, 0.717) is 0 Å². The molecule has 9 nitrogen and oxygen atoms in total. The zero-order valence-corrected chi connectivity index (χ0v) is 10.1. The van der Waals surface area contributed by atoms with Crippen LogP contribution in [0.2, 0.25) is 0 Å². The quantitative estimate of drug-likeness (QED) is 0.639. The average molecular weight is 261 g/mol. The molecule has 1 heterocycles. The lowest BCUT2D eigenvalue weighted by molar-refractivity contribution is -0.175. The second kappa shape index (κ2) is 5.54. The first-order chi connectivity index (χ1) is 8.38. The number of hydroxylamine groups is 2.